The Labute approximate surface area is 131 Å². The maximum atomic E-state index is 12.6. The minimum atomic E-state index is -1.18. The van der Waals surface area contributed by atoms with Crippen LogP contribution in [0.4, 0.5) is 4.79 Å². The Morgan fingerprint density at radius 1 is 1.38 bits per heavy atom. The third-order valence-electron chi connectivity index (χ3n) is 3.36. The molecular formula is C14H16BrN3O3. The summed E-state index contributed by atoms with van der Waals surface area (Å²) in [5.41, 5.74) is -0.523. The van der Waals surface area contributed by atoms with Crippen molar-refractivity contribution in [3.63, 3.8) is 0 Å². The summed E-state index contributed by atoms with van der Waals surface area (Å²) in [7, 11) is 0. The van der Waals surface area contributed by atoms with Crippen LogP contribution in [0.25, 0.3) is 0 Å². The van der Waals surface area contributed by atoms with Crippen LogP contribution in [-0.2, 0) is 15.1 Å². The minimum absolute atomic E-state index is 0.279. The van der Waals surface area contributed by atoms with E-state index in [-0.39, 0.29) is 12.5 Å². The maximum Gasteiger partial charge on any atom is 0.325 e. The van der Waals surface area contributed by atoms with Gasteiger partial charge in [0.2, 0.25) is 5.91 Å². The van der Waals surface area contributed by atoms with Gasteiger partial charge in [0.25, 0.3) is 5.91 Å². The Hall–Kier alpha value is -1.89. The summed E-state index contributed by atoms with van der Waals surface area (Å²) in [6.07, 6.45) is 0. The van der Waals surface area contributed by atoms with Crippen molar-refractivity contribution in [2.75, 3.05) is 13.1 Å². The molecule has 1 saturated heterocycles. The summed E-state index contributed by atoms with van der Waals surface area (Å²) in [5.74, 6) is -0.803. The number of rotatable bonds is 4. The first kappa shape index (κ1) is 15.5. The number of imide groups is 1. The van der Waals surface area contributed by atoms with Crippen LogP contribution >= 0.6 is 15.9 Å². The fraction of sp³-hybridized carbons (Fsp3) is 0.357. The van der Waals surface area contributed by atoms with Crippen molar-refractivity contribution in [2.45, 2.75) is 19.4 Å². The molecule has 0 aromatic heterocycles. The molecule has 112 valence electrons. The lowest BCUT2D eigenvalue weighted by Crippen LogP contribution is -2.43. The number of benzene rings is 1. The van der Waals surface area contributed by atoms with Crippen LogP contribution in [-0.4, -0.2) is 35.8 Å². The molecule has 0 unspecified atom stereocenters. The van der Waals surface area contributed by atoms with E-state index in [1.54, 1.807) is 32.0 Å². The van der Waals surface area contributed by atoms with Gasteiger partial charge in [0.15, 0.2) is 0 Å². The van der Waals surface area contributed by atoms with E-state index in [0.29, 0.717) is 12.1 Å². The molecule has 7 heteroatoms. The van der Waals surface area contributed by atoms with E-state index in [4.69, 9.17) is 0 Å². The van der Waals surface area contributed by atoms with Gasteiger partial charge in [-0.15, -0.1) is 0 Å². The molecule has 1 aromatic rings. The number of carbonyl (C=O) groups excluding carboxylic acids is 3. The molecule has 0 bridgehead atoms. The predicted octanol–water partition coefficient (Wildman–Crippen LogP) is 1.35. The Bertz CT molecular complexity index is 605. The molecule has 1 aliphatic rings. The molecule has 0 radical (unpaired) electrons. The molecule has 1 heterocycles. The average molecular weight is 354 g/mol. The van der Waals surface area contributed by atoms with Crippen molar-refractivity contribution in [3.8, 4) is 0 Å². The number of likely N-dealkylation sites (N-methyl/N-ethyl adjacent to an activating group) is 1. The van der Waals surface area contributed by atoms with Crippen LogP contribution in [0, 0.1) is 0 Å². The summed E-state index contributed by atoms with van der Waals surface area (Å²) in [5, 5.41) is 5.23. The first-order valence-corrected chi connectivity index (χ1v) is 7.35. The standard InChI is InChI=1S/C14H16BrN3O3/c1-3-16-11(19)8-18-12(20)14(2,17-13(18)21)9-6-4-5-7-10(9)15/h4-7H,3,8H2,1-2H3,(H,16,19)(H,17,21)/t14-/m0/s1. The third kappa shape index (κ3) is 2.78. The van der Waals surface area contributed by atoms with Gasteiger partial charge in [-0.2, -0.15) is 0 Å². The van der Waals surface area contributed by atoms with E-state index in [1.807, 2.05) is 6.07 Å². The van der Waals surface area contributed by atoms with Crippen LogP contribution in [0.3, 0.4) is 0 Å². The van der Waals surface area contributed by atoms with Gasteiger partial charge in [-0.3, -0.25) is 14.5 Å². The normalized spacial score (nSPS) is 21.4. The third-order valence-corrected chi connectivity index (χ3v) is 4.05. The van der Waals surface area contributed by atoms with Crippen molar-refractivity contribution < 1.29 is 14.4 Å². The molecule has 2 N–H and O–H groups in total. The van der Waals surface area contributed by atoms with Gasteiger partial charge in [0.1, 0.15) is 12.1 Å². The number of nitrogens with zero attached hydrogens (tertiary/aromatic N) is 1. The zero-order chi connectivity index (χ0) is 15.6. The van der Waals surface area contributed by atoms with E-state index in [2.05, 4.69) is 26.6 Å². The van der Waals surface area contributed by atoms with E-state index in [9.17, 15) is 14.4 Å². The van der Waals surface area contributed by atoms with Gasteiger partial charge in [-0.1, -0.05) is 34.1 Å². The van der Waals surface area contributed by atoms with E-state index >= 15 is 0 Å². The highest BCUT2D eigenvalue weighted by molar-refractivity contribution is 9.10. The number of hydrogen-bond acceptors (Lipinski definition) is 3. The van der Waals surface area contributed by atoms with Gasteiger partial charge < -0.3 is 10.6 Å². The summed E-state index contributed by atoms with van der Waals surface area (Å²) >= 11 is 3.38. The molecule has 2 rings (SSSR count). The highest BCUT2D eigenvalue weighted by Gasteiger charge is 2.50. The van der Waals surface area contributed by atoms with E-state index in [0.717, 1.165) is 9.37 Å². The number of carbonyl (C=O) groups is 3. The largest absolute Gasteiger partial charge is 0.355 e. The molecular weight excluding hydrogens is 338 g/mol. The second-order valence-corrected chi connectivity index (χ2v) is 5.73. The second kappa shape index (κ2) is 5.85. The molecule has 1 aliphatic heterocycles. The van der Waals surface area contributed by atoms with Crippen molar-refractivity contribution >= 4 is 33.8 Å². The quantitative estimate of drug-likeness (QED) is 0.802. The van der Waals surface area contributed by atoms with Crippen LogP contribution in [0.2, 0.25) is 0 Å². The zero-order valence-corrected chi connectivity index (χ0v) is 13.4. The Morgan fingerprint density at radius 3 is 2.67 bits per heavy atom. The number of halogens is 1. The Morgan fingerprint density at radius 2 is 2.05 bits per heavy atom. The Kier molecular flexibility index (Phi) is 4.32. The van der Waals surface area contributed by atoms with Gasteiger partial charge in [0.05, 0.1) is 0 Å². The van der Waals surface area contributed by atoms with E-state index < -0.39 is 17.5 Å². The smallest absolute Gasteiger partial charge is 0.325 e. The molecule has 1 atom stereocenters. The summed E-state index contributed by atoms with van der Waals surface area (Å²) in [6, 6.07) is 6.61. The Balaban J connectivity index is 2.29. The highest BCUT2D eigenvalue weighted by atomic mass is 79.9. The first-order chi connectivity index (χ1) is 9.90. The number of hydrogen-bond donors (Lipinski definition) is 2. The van der Waals surface area contributed by atoms with Crippen molar-refractivity contribution in [1.29, 1.82) is 0 Å². The molecule has 1 fully saturated rings. The average Bonchev–Trinajstić information content (AvgIpc) is 2.64. The van der Waals surface area contributed by atoms with Crippen molar-refractivity contribution in [2.24, 2.45) is 0 Å². The molecule has 6 nitrogen and oxygen atoms in total. The van der Waals surface area contributed by atoms with Crippen LogP contribution in [0.1, 0.15) is 19.4 Å². The maximum absolute atomic E-state index is 12.6. The summed E-state index contributed by atoms with van der Waals surface area (Å²) in [6.45, 7) is 3.57. The van der Waals surface area contributed by atoms with Crippen LogP contribution < -0.4 is 10.6 Å². The number of amides is 4. The highest BCUT2D eigenvalue weighted by Crippen LogP contribution is 2.33. The topological polar surface area (TPSA) is 78.5 Å². The van der Waals surface area contributed by atoms with Crippen LogP contribution in [0.15, 0.2) is 28.7 Å². The summed E-state index contributed by atoms with van der Waals surface area (Å²) < 4.78 is 0.723. The first-order valence-electron chi connectivity index (χ1n) is 6.56. The van der Waals surface area contributed by atoms with Gasteiger partial charge in [-0.05, 0) is 19.9 Å². The van der Waals surface area contributed by atoms with Crippen molar-refractivity contribution in [3.05, 3.63) is 34.3 Å². The lowest BCUT2D eigenvalue weighted by molar-refractivity contribution is -0.134. The van der Waals surface area contributed by atoms with Gasteiger partial charge >= 0.3 is 6.03 Å². The number of urea groups is 1. The second-order valence-electron chi connectivity index (χ2n) is 4.88. The lowest BCUT2D eigenvalue weighted by Gasteiger charge is -2.23. The van der Waals surface area contributed by atoms with Gasteiger partial charge in [0, 0.05) is 16.6 Å². The molecule has 4 amide bonds. The fourth-order valence-electron chi connectivity index (χ4n) is 2.29. The SMILES string of the molecule is CCNC(=O)CN1C(=O)N[C@@](C)(c2ccccc2Br)C1=O. The summed E-state index contributed by atoms with van der Waals surface area (Å²) in [4.78, 5) is 37.1. The number of nitrogens with one attached hydrogen (secondary N) is 2. The molecule has 1 aromatic carbocycles. The lowest BCUT2D eigenvalue weighted by atomic mass is 9.92. The molecule has 0 spiro atoms. The zero-order valence-electron chi connectivity index (χ0n) is 11.8. The molecule has 0 saturated carbocycles. The molecule has 21 heavy (non-hydrogen) atoms. The van der Waals surface area contributed by atoms with Gasteiger partial charge in [-0.25, -0.2) is 4.79 Å². The van der Waals surface area contributed by atoms with E-state index in [1.165, 1.54) is 0 Å². The molecule has 0 aliphatic carbocycles. The fourth-order valence-corrected chi connectivity index (χ4v) is 2.97. The van der Waals surface area contributed by atoms with Crippen LogP contribution in [0.5, 0.6) is 0 Å². The minimum Gasteiger partial charge on any atom is -0.355 e. The predicted molar refractivity (Wildman–Crippen MR) is 80.4 cm³/mol. The monoisotopic (exact) mass is 353 g/mol. The van der Waals surface area contributed by atoms with Crippen molar-refractivity contribution in [1.82, 2.24) is 15.5 Å².